The van der Waals surface area contributed by atoms with Gasteiger partial charge in [-0.05, 0) is 54.1 Å². The number of benzene rings is 3. The molecule has 0 atom stereocenters. The quantitative estimate of drug-likeness (QED) is 0.500. The Hall–Kier alpha value is -3.67. The molecule has 0 aliphatic rings. The Morgan fingerprint density at radius 3 is 2.44 bits per heavy atom. The van der Waals surface area contributed by atoms with Gasteiger partial charge in [0.05, 0.1) is 18.3 Å². The van der Waals surface area contributed by atoms with E-state index in [0.29, 0.717) is 5.82 Å². The first-order valence-electron chi connectivity index (χ1n) is 8.67. The molecule has 0 aliphatic heterocycles. The van der Waals surface area contributed by atoms with Crippen molar-refractivity contribution in [3.05, 3.63) is 60.4 Å². The Kier molecular flexibility index (Phi) is 3.43. The van der Waals surface area contributed by atoms with Gasteiger partial charge >= 0.3 is 0 Å². The highest BCUT2D eigenvalue weighted by Crippen LogP contribution is 2.32. The van der Waals surface area contributed by atoms with E-state index < -0.39 is 0 Å². The molecule has 27 heavy (non-hydrogen) atoms. The summed E-state index contributed by atoms with van der Waals surface area (Å²) in [5.41, 5.74) is 3.91. The van der Waals surface area contributed by atoms with Crippen LogP contribution in [0.3, 0.4) is 0 Å². The molecule has 0 radical (unpaired) electrons. The molecule has 6 heteroatoms. The number of hydrogen-bond donors (Lipinski definition) is 2. The van der Waals surface area contributed by atoms with Crippen LogP contribution in [0.2, 0.25) is 0 Å². The molecule has 2 N–H and O–H groups in total. The first-order chi connectivity index (χ1) is 13.2. The van der Waals surface area contributed by atoms with Crippen molar-refractivity contribution < 1.29 is 4.74 Å². The van der Waals surface area contributed by atoms with Crippen LogP contribution in [0.15, 0.2) is 54.6 Å². The van der Waals surface area contributed by atoms with Crippen molar-refractivity contribution in [3.63, 3.8) is 0 Å². The van der Waals surface area contributed by atoms with E-state index in [-0.39, 0.29) is 0 Å². The molecule has 6 nitrogen and oxygen atoms in total. The first-order valence-corrected chi connectivity index (χ1v) is 8.67. The molecule has 0 saturated carbocycles. The molecule has 0 unspecified atom stereocenters. The molecular formula is C21H17N5O. The number of H-pyrrole nitrogens is 2. The van der Waals surface area contributed by atoms with Crippen molar-refractivity contribution in [1.82, 2.24) is 25.4 Å². The Bertz CT molecular complexity index is 1280. The van der Waals surface area contributed by atoms with E-state index in [0.717, 1.165) is 50.1 Å². The SMILES string of the molecule is COc1ccc2cc(-c3n[nH]c4ccc(-c5n[nH]c(C)n5)cc34)ccc2c1. The van der Waals surface area contributed by atoms with Crippen LogP contribution < -0.4 is 4.74 Å². The summed E-state index contributed by atoms with van der Waals surface area (Å²) in [6, 6.07) is 18.5. The molecule has 5 aromatic rings. The van der Waals surface area contributed by atoms with Crippen LogP contribution in [0.1, 0.15) is 5.82 Å². The molecule has 2 aromatic heterocycles. The van der Waals surface area contributed by atoms with Gasteiger partial charge in [-0.1, -0.05) is 18.2 Å². The highest BCUT2D eigenvalue weighted by Gasteiger charge is 2.12. The molecule has 3 aromatic carbocycles. The van der Waals surface area contributed by atoms with Crippen molar-refractivity contribution in [1.29, 1.82) is 0 Å². The maximum Gasteiger partial charge on any atom is 0.181 e. The van der Waals surface area contributed by atoms with Crippen LogP contribution >= 0.6 is 0 Å². The molecule has 0 amide bonds. The minimum absolute atomic E-state index is 0.687. The lowest BCUT2D eigenvalue weighted by molar-refractivity contribution is 0.415. The van der Waals surface area contributed by atoms with E-state index >= 15 is 0 Å². The van der Waals surface area contributed by atoms with Gasteiger partial charge in [-0.15, -0.1) is 0 Å². The number of fused-ring (bicyclic) bond motifs is 2. The number of ether oxygens (including phenoxy) is 1. The van der Waals surface area contributed by atoms with Gasteiger partial charge in [0, 0.05) is 16.5 Å². The standard InChI is InChI=1S/C21H17N5O/c1-12-22-21(26-23-12)16-6-8-19-18(11-16)20(25-24-19)15-4-3-14-10-17(27-2)7-5-13(14)9-15/h3-11H,1-2H3,(H,24,25)(H,22,23,26). The minimum Gasteiger partial charge on any atom is -0.497 e. The second kappa shape index (κ2) is 5.95. The number of aryl methyl sites for hydroxylation is 1. The van der Waals surface area contributed by atoms with Crippen molar-refractivity contribution in [2.45, 2.75) is 6.92 Å². The van der Waals surface area contributed by atoms with E-state index in [2.05, 4.69) is 55.7 Å². The average Bonchev–Trinajstić information content (AvgIpc) is 3.32. The maximum atomic E-state index is 5.31. The van der Waals surface area contributed by atoms with E-state index in [4.69, 9.17) is 4.74 Å². The summed E-state index contributed by atoms with van der Waals surface area (Å²) < 4.78 is 5.31. The summed E-state index contributed by atoms with van der Waals surface area (Å²) in [5.74, 6) is 2.33. The number of hydrogen-bond acceptors (Lipinski definition) is 4. The molecule has 132 valence electrons. The first kappa shape index (κ1) is 15.6. The van der Waals surface area contributed by atoms with Crippen molar-refractivity contribution >= 4 is 21.7 Å². The molecule has 0 fully saturated rings. The predicted molar refractivity (Wildman–Crippen MR) is 106 cm³/mol. The molecular weight excluding hydrogens is 338 g/mol. The maximum absolute atomic E-state index is 5.31. The van der Waals surface area contributed by atoms with Gasteiger partial charge in [0.15, 0.2) is 5.82 Å². The second-order valence-corrected chi connectivity index (χ2v) is 6.50. The molecule has 0 saturated heterocycles. The van der Waals surface area contributed by atoms with Gasteiger partial charge in [-0.2, -0.15) is 10.2 Å². The minimum atomic E-state index is 0.687. The molecule has 2 heterocycles. The highest BCUT2D eigenvalue weighted by molar-refractivity contribution is 5.97. The van der Waals surface area contributed by atoms with Crippen molar-refractivity contribution in [2.75, 3.05) is 7.11 Å². The summed E-state index contributed by atoms with van der Waals surface area (Å²) in [6.45, 7) is 1.89. The second-order valence-electron chi connectivity index (χ2n) is 6.50. The zero-order chi connectivity index (χ0) is 18.4. The summed E-state index contributed by atoms with van der Waals surface area (Å²) in [5, 5.41) is 18.1. The third-order valence-corrected chi connectivity index (χ3v) is 4.74. The molecule has 0 bridgehead atoms. The van der Waals surface area contributed by atoms with E-state index in [1.54, 1.807) is 7.11 Å². The van der Waals surface area contributed by atoms with Crippen molar-refractivity contribution in [2.24, 2.45) is 0 Å². The van der Waals surface area contributed by atoms with Crippen LogP contribution in [0.25, 0.3) is 44.3 Å². The largest absolute Gasteiger partial charge is 0.497 e. The normalized spacial score (nSPS) is 11.3. The number of nitrogens with zero attached hydrogens (tertiary/aromatic N) is 3. The van der Waals surface area contributed by atoms with Crippen LogP contribution in [-0.4, -0.2) is 32.5 Å². The van der Waals surface area contributed by atoms with Crippen LogP contribution in [0.5, 0.6) is 5.75 Å². The van der Waals surface area contributed by atoms with E-state index in [1.165, 1.54) is 0 Å². The van der Waals surface area contributed by atoms with Crippen LogP contribution in [0.4, 0.5) is 0 Å². The number of nitrogens with one attached hydrogen (secondary N) is 2. The Morgan fingerprint density at radius 2 is 1.63 bits per heavy atom. The summed E-state index contributed by atoms with van der Waals surface area (Å²) >= 11 is 0. The van der Waals surface area contributed by atoms with E-state index in [9.17, 15) is 0 Å². The molecule has 5 rings (SSSR count). The molecule has 0 aliphatic carbocycles. The summed E-state index contributed by atoms with van der Waals surface area (Å²) in [7, 11) is 1.68. The zero-order valence-electron chi connectivity index (χ0n) is 14.9. The number of methoxy groups -OCH3 is 1. The van der Waals surface area contributed by atoms with E-state index in [1.807, 2.05) is 31.2 Å². The van der Waals surface area contributed by atoms with Crippen LogP contribution in [-0.2, 0) is 0 Å². The monoisotopic (exact) mass is 355 g/mol. The Balaban J connectivity index is 1.64. The lowest BCUT2D eigenvalue weighted by atomic mass is 10.0. The lowest BCUT2D eigenvalue weighted by Gasteiger charge is -2.05. The fourth-order valence-corrected chi connectivity index (χ4v) is 3.34. The Morgan fingerprint density at radius 1 is 0.815 bits per heavy atom. The topological polar surface area (TPSA) is 79.5 Å². The van der Waals surface area contributed by atoms with Gasteiger partial charge in [0.1, 0.15) is 11.6 Å². The van der Waals surface area contributed by atoms with Gasteiger partial charge in [-0.3, -0.25) is 10.2 Å². The summed E-state index contributed by atoms with van der Waals surface area (Å²) in [4.78, 5) is 4.42. The number of aromatic amines is 2. The lowest BCUT2D eigenvalue weighted by Crippen LogP contribution is -1.84. The Labute approximate surface area is 155 Å². The molecule has 0 spiro atoms. The van der Waals surface area contributed by atoms with Crippen LogP contribution in [0, 0.1) is 6.92 Å². The predicted octanol–water partition coefficient (Wildman–Crippen LogP) is 4.49. The van der Waals surface area contributed by atoms with Crippen molar-refractivity contribution in [3.8, 4) is 28.4 Å². The third kappa shape index (κ3) is 2.62. The third-order valence-electron chi connectivity index (χ3n) is 4.74. The number of aromatic nitrogens is 5. The van der Waals surface area contributed by atoms with Gasteiger partial charge in [0.25, 0.3) is 0 Å². The van der Waals surface area contributed by atoms with Gasteiger partial charge in [0.2, 0.25) is 0 Å². The van der Waals surface area contributed by atoms with Gasteiger partial charge < -0.3 is 4.74 Å². The van der Waals surface area contributed by atoms with Gasteiger partial charge in [-0.25, -0.2) is 4.98 Å². The highest BCUT2D eigenvalue weighted by atomic mass is 16.5. The fraction of sp³-hybridized carbons (Fsp3) is 0.0952. The zero-order valence-corrected chi connectivity index (χ0v) is 14.9. The fourth-order valence-electron chi connectivity index (χ4n) is 3.34. The smallest absolute Gasteiger partial charge is 0.181 e. The summed E-state index contributed by atoms with van der Waals surface area (Å²) in [6.07, 6.45) is 0. The average molecular weight is 355 g/mol. The number of rotatable bonds is 3.